The van der Waals surface area contributed by atoms with Crippen LogP contribution >= 0.6 is 34.5 Å². The van der Waals surface area contributed by atoms with E-state index in [0.29, 0.717) is 29.4 Å². The third-order valence-electron chi connectivity index (χ3n) is 7.87. The number of methoxy groups -OCH3 is 2. The first-order chi connectivity index (χ1) is 22.6. The van der Waals surface area contributed by atoms with E-state index < -0.39 is 29.3 Å². The molecule has 1 aliphatic heterocycles. The number of nitrogens with zero attached hydrogens (tertiary/aromatic N) is 3. The maximum absolute atomic E-state index is 14.1. The van der Waals surface area contributed by atoms with Crippen molar-refractivity contribution in [3.8, 4) is 11.5 Å². The van der Waals surface area contributed by atoms with Crippen LogP contribution in [0.5, 0.6) is 11.5 Å². The SMILES string of the molecule is CCOC(=O)CN(CCc1ccc(OC)c(OC)c1)C(=O)CC1C(=O)N(C(Cl)Cc2ccc(Cl)cc2)CC(=O)N1CCc1cccs1. The van der Waals surface area contributed by atoms with Crippen molar-refractivity contribution in [1.82, 2.24) is 14.7 Å². The number of hydrogen-bond donors (Lipinski definition) is 0. The van der Waals surface area contributed by atoms with Crippen LogP contribution in [0.3, 0.4) is 0 Å². The van der Waals surface area contributed by atoms with E-state index in [1.807, 2.05) is 35.7 Å². The fourth-order valence-electron chi connectivity index (χ4n) is 5.39. The molecule has 4 rings (SSSR count). The van der Waals surface area contributed by atoms with Gasteiger partial charge in [-0.2, -0.15) is 0 Å². The number of hydrogen-bond acceptors (Lipinski definition) is 8. The number of rotatable bonds is 16. The van der Waals surface area contributed by atoms with Crippen LogP contribution in [0.15, 0.2) is 60.0 Å². The van der Waals surface area contributed by atoms with Gasteiger partial charge in [-0.3, -0.25) is 19.2 Å². The molecule has 1 saturated heterocycles. The minimum absolute atomic E-state index is 0.155. The Balaban J connectivity index is 1.56. The molecule has 1 aliphatic rings. The first kappa shape index (κ1) is 36.0. The van der Waals surface area contributed by atoms with Gasteiger partial charge in [0.05, 0.1) is 27.2 Å². The Morgan fingerprint density at radius 1 is 1.02 bits per heavy atom. The van der Waals surface area contributed by atoms with Gasteiger partial charge in [0.1, 0.15) is 24.6 Å². The maximum Gasteiger partial charge on any atom is 0.325 e. The molecule has 1 aromatic heterocycles. The summed E-state index contributed by atoms with van der Waals surface area (Å²) in [6.07, 6.45) is 0.889. The van der Waals surface area contributed by atoms with Gasteiger partial charge in [0, 0.05) is 29.4 Å². The van der Waals surface area contributed by atoms with Crippen molar-refractivity contribution in [1.29, 1.82) is 0 Å². The number of esters is 1. The number of ether oxygens (including phenoxy) is 3. The van der Waals surface area contributed by atoms with Gasteiger partial charge in [-0.25, -0.2) is 0 Å². The molecule has 1 fully saturated rings. The Labute approximate surface area is 289 Å². The first-order valence-electron chi connectivity index (χ1n) is 15.3. The van der Waals surface area contributed by atoms with Crippen molar-refractivity contribution in [2.75, 3.05) is 47.0 Å². The lowest BCUT2D eigenvalue weighted by atomic mass is 10.0. The van der Waals surface area contributed by atoms with E-state index in [2.05, 4.69) is 0 Å². The summed E-state index contributed by atoms with van der Waals surface area (Å²) < 4.78 is 15.9. The molecule has 47 heavy (non-hydrogen) atoms. The van der Waals surface area contributed by atoms with Crippen molar-refractivity contribution in [2.45, 2.75) is 44.1 Å². The van der Waals surface area contributed by atoms with Crippen LogP contribution in [0.25, 0.3) is 0 Å². The summed E-state index contributed by atoms with van der Waals surface area (Å²) in [7, 11) is 3.08. The molecule has 2 unspecified atom stereocenters. The number of benzene rings is 2. The fraction of sp³-hybridized carbons (Fsp3) is 0.412. The minimum Gasteiger partial charge on any atom is -0.493 e. The number of piperazine rings is 1. The van der Waals surface area contributed by atoms with E-state index in [-0.39, 0.29) is 51.5 Å². The number of carbonyl (C=O) groups excluding carboxylic acids is 4. The molecule has 3 aromatic rings. The first-order valence-corrected chi connectivity index (χ1v) is 17.0. The maximum atomic E-state index is 14.1. The lowest BCUT2D eigenvalue weighted by Gasteiger charge is -2.42. The predicted octanol–water partition coefficient (Wildman–Crippen LogP) is 4.83. The summed E-state index contributed by atoms with van der Waals surface area (Å²) in [5, 5.41) is 2.52. The minimum atomic E-state index is -1.10. The number of amides is 3. The Morgan fingerprint density at radius 3 is 2.40 bits per heavy atom. The van der Waals surface area contributed by atoms with Gasteiger partial charge < -0.3 is 28.9 Å². The molecule has 13 heteroatoms. The van der Waals surface area contributed by atoms with Crippen molar-refractivity contribution >= 4 is 58.2 Å². The molecule has 10 nitrogen and oxygen atoms in total. The smallest absolute Gasteiger partial charge is 0.325 e. The number of carbonyl (C=O) groups is 4. The van der Waals surface area contributed by atoms with Crippen LogP contribution in [-0.2, 0) is 43.2 Å². The zero-order valence-electron chi connectivity index (χ0n) is 26.7. The molecule has 2 aromatic carbocycles. The Morgan fingerprint density at radius 2 is 1.74 bits per heavy atom. The van der Waals surface area contributed by atoms with Gasteiger partial charge in [-0.1, -0.05) is 47.5 Å². The lowest BCUT2D eigenvalue weighted by Crippen LogP contribution is -2.63. The molecule has 2 atom stereocenters. The van der Waals surface area contributed by atoms with Gasteiger partial charge in [-0.05, 0) is 66.6 Å². The summed E-state index contributed by atoms with van der Waals surface area (Å²) >= 11 is 14.3. The van der Waals surface area contributed by atoms with E-state index in [0.717, 1.165) is 16.0 Å². The van der Waals surface area contributed by atoms with Crippen LogP contribution in [-0.4, -0.2) is 96.9 Å². The van der Waals surface area contributed by atoms with Crippen molar-refractivity contribution in [3.05, 3.63) is 81.0 Å². The van der Waals surface area contributed by atoms with E-state index >= 15 is 0 Å². The molecule has 0 saturated carbocycles. The van der Waals surface area contributed by atoms with E-state index in [1.165, 1.54) is 21.8 Å². The Bertz CT molecular complexity index is 1520. The zero-order valence-corrected chi connectivity index (χ0v) is 29.0. The summed E-state index contributed by atoms with van der Waals surface area (Å²) in [6.45, 7) is 1.75. The van der Waals surface area contributed by atoms with Crippen molar-refractivity contribution in [2.24, 2.45) is 0 Å². The molecular weight excluding hydrogens is 665 g/mol. The molecule has 0 aliphatic carbocycles. The Hall–Kier alpha value is -3.80. The van der Waals surface area contributed by atoms with Crippen LogP contribution in [0.2, 0.25) is 5.02 Å². The highest BCUT2D eigenvalue weighted by Crippen LogP contribution is 2.28. The van der Waals surface area contributed by atoms with E-state index in [9.17, 15) is 19.2 Å². The van der Waals surface area contributed by atoms with Crippen LogP contribution in [0, 0.1) is 0 Å². The zero-order chi connectivity index (χ0) is 33.9. The van der Waals surface area contributed by atoms with Gasteiger partial charge in [0.15, 0.2) is 11.5 Å². The summed E-state index contributed by atoms with van der Waals surface area (Å²) in [6, 6.07) is 15.3. The predicted molar refractivity (Wildman–Crippen MR) is 181 cm³/mol. The topological polar surface area (TPSA) is 106 Å². The van der Waals surface area contributed by atoms with Crippen molar-refractivity contribution in [3.63, 3.8) is 0 Å². The monoisotopic (exact) mass is 703 g/mol. The molecule has 0 spiro atoms. The second-order valence-electron chi connectivity index (χ2n) is 10.9. The average molecular weight is 705 g/mol. The summed E-state index contributed by atoms with van der Waals surface area (Å²) in [5.41, 5.74) is 0.868. The van der Waals surface area contributed by atoms with Gasteiger partial charge in [0.25, 0.3) is 0 Å². The lowest BCUT2D eigenvalue weighted by molar-refractivity contribution is -0.159. The average Bonchev–Trinajstić information content (AvgIpc) is 3.59. The molecule has 0 bridgehead atoms. The van der Waals surface area contributed by atoms with Gasteiger partial charge in [0.2, 0.25) is 17.7 Å². The van der Waals surface area contributed by atoms with E-state index in [1.54, 1.807) is 49.6 Å². The summed E-state index contributed by atoms with van der Waals surface area (Å²) in [4.78, 5) is 59.4. The normalized spacial score (nSPS) is 15.4. The third-order valence-corrected chi connectivity index (χ3v) is 9.45. The fourth-order valence-corrected chi connectivity index (χ4v) is 6.56. The third kappa shape index (κ3) is 9.85. The summed E-state index contributed by atoms with van der Waals surface area (Å²) in [5.74, 6) is -0.653. The highest BCUT2D eigenvalue weighted by molar-refractivity contribution is 7.09. The molecule has 0 N–H and O–H groups in total. The molecule has 252 valence electrons. The van der Waals surface area contributed by atoms with Crippen LogP contribution in [0.1, 0.15) is 29.3 Å². The van der Waals surface area contributed by atoms with Crippen molar-refractivity contribution < 1.29 is 33.4 Å². The highest BCUT2D eigenvalue weighted by Gasteiger charge is 2.43. The quantitative estimate of drug-likeness (QED) is 0.120. The molecular formula is C34H39Cl2N3O7S. The van der Waals surface area contributed by atoms with Crippen LogP contribution < -0.4 is 9.47 Å². The van der Waals surface area contributed by atoms with Gasteiger partial charge >= 0.3 is 5.97 Å². The second-order valence-corrected chi connectivity index (χ2v) is 12.9. The Kier molecular flexibility index (Phi) is 13.3. The number of alkyl halides is 1. The number of halogens is 2. The largest absolute Gasteiger partial charge is 0.493 e. The van der Waals surface area contributed by atoms with E-state index in [4.69, 9.17) is 37.4 Å². The molecule has 2 heterocycles. The molecule has 0 radical (unpaired) electrons. The number of thiophene rings is 1. The van der Waals surface area contributed by atoms with Gasteiger partial charge in [-0.15, -0.1) is 11.3 Å². The standard InChI is InChI=1S/C34H39Cl2N3O7S/c1-4-46-33(42)22-37(15-13-24-9-12-28(44-2)29(18-24)45-3)31(40)20-27-34(43)39(30(36)19-23-7-10-25(35)11-8-23)21-32(41)38(27)16-14-26-6-5-17-47-26/h5-12,17-18,27,30H,4,13-16,19-22H2,1-3H3. The second kappa shape index (κ2) is 17.4. The van der Waals surface area contributed by atoms with Crippen LogP contribution in [0.4, 0.5) is 0 Å². The molecule has 3 amide bonds. The highest BCUT2D eigenvalue weighted by atomic mass is 35.5.